The molecule has 76 valence electrons. The van der Waals surface area contributed by atoms with Gasteiger partial charge in [0.25, 0.3) is 0 Å². The van der Waals surface area contributed by atoms with Crippen molar-refractivity contribution in [3.8, 4) is 0 Å². The Bertz CT molecular complexity index is 179. The van der Waals surface area contributed by atoms with E-state index in [1.807, 2.05) is 13.8 Å². The number of ketones is 1. The summed E-state index contributed by atoms with van der Waals surface area (Å²) in [6.45, 7) is 3.89. The third-order valence-electron chi connectivity index (χ3n) is 3.19. The number of carbonyl (C=O) groups excluding carboxylic acids is 1. The maximum absolute atomic E-state index is 11.7. The molecule has 1 saturated carbocycles. The number of hydrogen-bond donors (Lipinski definition) is 0. The zero-order chi connectivity index (χ0) is 9.90. The molecule has 2 nitrogen and oxygen atoms in total. The molecule has 0 radical (unpaired) electrons. The number of hydrogen-bond acceptors (Lipinski definition) is 2. The van der Waals surface area contributed by atoms with Crippen LogP contribution in [0, 0.1) is 5.92 Å². The molecular formula is C11H20O2. The topological polar surface area (TPSA) is 26.3 Å². The van der Waals surface area contributed by atoms with Crippen molar-refractivity contribution in [1.82, 2.24) is 0 Å². The second-order valence-corrected chi connectivity index (χ2v) is 4.19. The lowest BCUT2D eigenvalue weighted by atomic mass is 9.93. The average Bonchev–Trinajstić information content (AvgIpc) is 2.96. The monoisotopic (exact) mass is 184 g/mol. The van der Waals surface area contributed by atoms with Crippen LogP contribution in [0.1, 0.15) is 46.0 Å². The fraction of sp³-hybridized carbons (Fsp3) is 0.909. The molecule has 0 bridgehead atoms. The summed E-state index contributed by atoms with van der Waals surface area (Å²) in [5.41, 5.74) is -0.533. The largest absolute Gasteiger partial charge is 0.371 e. The Morgan fingerprint density at radius 1 is 1.54 bits per heavy atom. The Morgan fingerprint density at radius 2 is 2.15 bits per heavy atom. The third kappa shape index (κ3) is 2.80. The zero-order valence-corrected chi connectivity index (χ0v) is 8.93. The fourth-order valence-corrected chi connectivity index (χ4v) is 1.46. The molecule has 0 aromatic carbocycles. The third-order valence-corrected chi connectivity index (χ3v) is 3.19. The van der Waals surface area contributed by atoms with E-state index in [0.29, 0.717) is 6.42 Å². The first-order chi connectivity index (χ1) is 6.12. The number of Topliss-reactive ketones (excluding diaryl/α,β-unsaturated/α-hetero) is 1. The van der Waals surface area contributed by atoms with Crippen LogP contribution in [0.2, 0.25) is 0 Å². The fourth-order valence-electron chi connectivity index (χ4n) is 1.46. The van der Waals surface area contributed by atoms with E-state index < -0.39 is 5.60 Å². The second-order valence-electron chi connectivity index (χ2n) is 4.19. The van der Waals surface area contributed by atoms with Crippen LogP contribution in [0.5, 0.6) is 0 Å². The van der Waals surface area contributed by atoms with Crippen LogP contribution in [0.3, 0.4) is 0 Å². The number of rotatable bonds is 6. The van der Waals surface area contributed by atoms with Crippen molar-refractivity contribution >= 4 is 5.78 Å². The summed E-state index contributed by atoms with van der Waals surface area (Å²) in [5, 5.41) is 0. The molecule has 1 atom stereocenters. The van der Waals surface area contributed by atoms with Gasteiger partial charge in [-0.15, -0.1) is 0 Å². The van der Waals surface area contributed by atoms with Gasteiger partial charge in [0, 0.05) is 13.5 Å². The minimum absolute atomic E-state index is 0.268. The standard InChI is InChI=1S/C11H20O2/c1-4-11(2,13-3)10(12)8-7-9-5-6-9/h9H,4-8H2,1-3H3. The van der Waals surface area contributed by atoms with Gasteiger partial charge in [-0.2, -0.15) is 0 Å². The van der Waals surface area contributed by atoms with Crippen molar-refractivity contribution in [2.45, 2.75) is 51.6 Å². The van der Waals surface area contributed by atoms with E-state index in [2.05, 4.69) is 0 Å². The molecule has 0 N–H and O–H groups in total. The van der Waals surface area contributed by atoms with Crippen LogP contribution in [-0.2, 0) is 9.53 Å². The molecule has 0 heterocycles. The first kappa shape index (κ1) is 10.7. The van der Waals surface area contributed by atoms with Crippen LogP contribution < -0.4 is 0 Å². The highest BCUT2D eigenvalue weighted by molar-refractivity contribution is 5.86. The summed E-state index contributed by atoms with van der Waals surface area (Å²) in [5.74, 6) is 1.10. The van der Waals surface area contributed by atoms with Crippen molar-refractivity contribution < 1.29 is 9.53 Å². The normalized spacial score (nSPS) is 21.2. The van der Waals surface area contributed by atoms with E-state index in [9.17, 15) is 4.79 Å². The van der Waals surface area contributed by atoms with Crippen LogP contribution in [-0.4, -0.2) is 18.5 Å². The smallest absolute Gasteiger partial charge is 0.164 e. The van der Waals surface area contributed by atoms with E-state index in [1.54, 1.807) is 7.11 Å². The first-order valence-corrected chi connectivity index (χ1v) is 5.21. The second kappa shape index (κ2) is 4.23. The number of ether oxygens (including phenoxy) is 1. The minimum atomic E-state index is -0.533. The Labute approximate surface area is 80.7 Å². The molecule has 0 aromatic rings. The van der Waals surface area contributed by atoms with Gasteiger partial charge in [-0.3, -0.25) is 4.79 Å². The maximum atomic E-state index is 11.7. The summed E-state index contributed by atoms with van der Waals surface area (Å²) in [6.07, 6.45) is 5.18. The van der Waals surface area contributed by atoms with Crippen LogP contribution in [0.15, 0.2) is 0 Å². The Morgan fingerprint density at radius 3 is 2.54 bits per heavy atom. The molecule has 0 aromatic heterocycles. The quantitative estimate of drug-likeness (QED) is 0.634. The van der Waals surface area contributed by atoms with Gasteiger partial charge >= 0.3 is 0 Å². The van der Waals surface area contributed by atoms with Crippen molar-refractivity contribution in [2.75, 3.05) is 7.11 Å². The predicted molar refractivity (Wildman–Crippen MR) is 52.7 cm³/mol. The lowest BCUT2D eigenvalue weighted by Gasteiger charge is -2.24. The minimum Gasteiger partial charge on any atom is -0.371 e. The molecule has 1 aliphatic carbocycles. The first-order valence-electron chi connectivity index (χ1n) is 5.21. The maximum Gasteiger partial charge on any atom is 0.164 e. The molecule has 1 rings (SSSR count). The van der Waals surface area contributed by atoms with Crippen molar-refractivity contribution in [3.05, 3.63) is 0 Å². The highest BCUT2D eigenvalue weighted by Crippen LogP contribution is 2.34. The van der Waals surface area contributed by atoms with Crippen LogP contribution in [0.4, 0.5) is 0 Å². The van der Waals surface area contributed by atoms with Crippen LogP contribution >= 0.6 is 0 Å². The number of methoxy groups -OCH3 is 1. The summed E-state index contributed by atoms with van der Waals surface area (Å²) in [4.78, 5) is 11.7. The molecule has 0 amide bonds. The summed E-state index contributed by atoms with van der Waals surface area (Å²) in [6, 6.07) is 0. The van der Waals surface area contributed by atoms with Gasteiger partial charge in [0.1, 0.15) is 5.60 Å². The summed E-state index contributed by atoms with van der Waals surface area (Å²) in [7, 11) is 1.62. The molecule has 0 aliphatic heterocycles. The van der Waals surface area contributed by atoms with Gasteiger partial charge in [-0.25, -0.2) is 0 Å². The van der Waals surface area contributed by atoms with Gasteiger partial charge < -0.3 is 4.74 Å². The lowest BCUT2D eigenvalue weighted by molar-refractivity contribution is -0.139. The molecule has 1 unspecified atom stereocenters. The molecule has 0 saturated heterocycles. The van der Waals surface area contributed by atoms with E-state index in [4.69, 9.17) is 4.74 Å². The highest BCUT2D eigenvalue weighted by atomic mass is 16.5. The SMILES string of the molecule is CCC(C)(OC)C(=O)CCC1CC1. The predicted octanol–water partition coefficient (Wildman–Crippen LogP) is 2.56. The van der Waals surface area contributed by atoms with Gasteiger partial charge in [-0.1, -0.05) is 19.8 Å². The molecule has 1 fully saturated rings. The van der Waals surface area contributed by atoms with E-state index >= 15 is 0 Å². The molecule has 1 aliphatic rings. The summed E-state index contributed by atoms with van der Waals surface area (Å²) < 4.78 is 5.25. The van der Waals surface area contributed by atoms with E-state index in [-0.39, 0.29) is 5.78 Å². The van der Waals surface area contributed by atoms with Gasteiger partial charge in [0.15, 0.2) is 5.78 Å². The summed E-state index contributed by atoms with van der Waals surface area (Å²) >= 11 is 0. The molecule has 13 heavy (non-hydrogen) atoms. The van der Waals surface area contributed by atoms with E-state index in [1.165, 1.54) is 12.8 Å². The number of carbonyl (C=O) groups is 1. The Balaban J connectivity index is 2.33. The Kier molecular flexibility index (Phi) is 3.48. The van der Waals surface area contributed by atoms with Crippen molar-refractivity contribution in [3.63, 3.8) is 0 Å². The van der Waals surface area contributed by atoms with Gasteiger partial charge in [-0.05, 0) is 25.7 Å². The Hall–Kier alpha value is -0.370. The van der Waals surface area contributed by atoms with Gasteiger partial charge in [0.2, 0.25) is 0 Å². The zero-order valence-electron chi connectivity index (χ0n) is 8.93. The highest BCUT2D eigenvalue weighted by Gasteiger charge is 2.32. The molecule has 2 heteroatoms. The average molecular weight is 184 g/mol. The van der Waals surface area contributed by atoms with Crippen LogP contribution in [0.25, 0.3) is 0 Å². The van der Waals surface area contributed by atoms with Crippen molar-refractivity contribution in [1.29, 1.82) is 0 Å². The van der Waals surface area contributed by atoms with E-state index in [0.717, 1.165) is 18.8 Å². The molecular weight excluding hydrogens is 164 g/mol. The van der Waals surface area contributed by atoms with Gasteiger partial charge in [0.05, 0.1) is 0 Å². The molecule has 0 spiro atoms. The lowest BCUT2D eigenvalue weighted by Crippen LogP contribution is -2.36. The van der Waals surface area contributed by atoms with Crippen molar-refractivity contribution in [2.24, 2.45) is 5.92 Å².